The number of hydrogen-bond acceptors (Lipinski definition) is 1. The number of carbonyl (C=O) groups is 1. The number of carboxylic acid groups (broad SMARTS) is 1. The van der Waals surface area contributed by atoms with Gasteiger partial charge in [-0.15, -0.1) is 11.6 Å². The van der Waals surface area contributed by atoms with Gasteiger partial charge >= 0.3 is 5.97 Å². The van der Waals surface area contributed by atoms with Crippen molar-refractivity contribution in [2.45, 2.75) is 44.9 Å². The summed E-state index contributed by atoms with van der Waals surface area (Å²) < 4.78 is -1.10. The molecule has 0 spiro atoms. The van der Waals surface area contributed by atoms with E-state index in [-0.39, 0.29) is 0 Å². The average Bonchev–Trinajstić information content (AvgIpc) is 1.80. The van der Waals surface area contributed by atoms with Crippen molar-refractivity contribution in [3.8, 4) is 0 Å². The molecule has 0 rings (SSSR count). The molecule has 0 bridgehead atoms. The van der Waals surface area contributed by atoms with Crippen LogP contribution in [0, 0.1) is 5.41 Å². The number of alkyl halides is 1. The molecule has 1 atom stereocenters. The summed E-state index contributed by atoms with van der Waals surface area (Å²) in [6.07, 6.45) is 0. The number of hydrogen-bond donors (Lipinski definition) is 1. The molecule has 0 heterocycles. The van der Waals surface area contributed by atoms with E-state index in [0.29, 0.717) is 0 Å². The van der Waals surface area contributed by atoms with Crippen molar-refractivity contribution in [1.29, 1.82) is 0 Å². The van der Waals surface area contributed by atoms with Crippen molar-refractivity contribution in [2.24, 2.45) is 5.41 Å². The van der Waals surface area contributed by atoms with Crippen molar-refractivity contribution in [3.05, 3.63) is 0 Å². The van der Waals surface area contributed by atoms with E-state index in [2.05, 4.69) is 0 Å². The van der Waals surface area contributed by atoms with Crippen LogP contribution in [0.5, 0.6) is 0 Å². The van der Waals surface area contributed by atoms with Crippen molar-refractivity contribution in [3.63, 3.8) is 0 Å². The van der Waals surface area contributed by atoms with E-state index in [1.807, 2.05) is 40.4 Å². The van der Waals surface area contributed by atoms with Crippen molar-refractivity contribution in [1.82, 2.24) is 0 Å². The highest BCUT2D eigenvalue weighted by atomic mass is 35.5. The Morgan fingerprint density at radius 1 is 1.23 bits per heavy atom. The molecule has 0 aliphatic heterocycles. The minimum atomic E-state index is -1.94. The van der Waals surface area contributed by atoms with Crippen LogP contribution in [0.1, 0.15) is 20.8 Å². The Balaban J connectivity index is 5.35. The smallest absolute Gasteiger partial charge is 0.322 e. The van der Waals surface area contributed by atoms with E-state index in [1.54, 1.807) is 0 Å². The Morgan fingerprint density at radius 3 is 1.54 bits per heavy atom. The number of rotatable bonds is 2. The highest BCUT2D eigenvalue weighted by molar-refractivity contribution is 6.90. The van der Waals surface area contributed by atoms with Gasteiger partial charge in [0, 0.05) is 0 Å². The Morgan fingerprint density at radius 2 is 1.54 bits per heavy atom. The van der Waals surface area contributed by atoms with Gasteiger partial charge in [-0.25, -0.2) is 0 Å². The van der Waals surface area contributed by atoms with Crippen molar-refractivity contribution >= 4 is 25.6 Å². The lowest BCUT2D eigenvalue weighted by Gasteiger charge is -2.44. The quantitative estimate of drug-likeness (QED) is 0.576. The van der Waals surface area contributed by atoms with Crippen LogP contribution >= 0.6 is 11.6 Å². The molecular formula is C9H19ClO2Si. The zero-order valence-corrected chi connectivity index (χ0v) is 11.0. The molecule has 0 fully saturated rings. The van der Waals surface area contributed by atoms with Gasteiger partial charge in [-0.1, -0.05) is 40.4 Å². The van der Waals surface area contributed by atoms with Crippen LogP contribution in [-0.4, -0.2) is 23.6 Å². The molecule has 0 aromatic heterocycles. The van der Waals surface area contributed by atoms with Crippen LogP contribution in [0.15, 0.2) is 0 Å². The molecule has 2 nitrogen and oxygen atoms in total. The highest BCUT2D eigenvalue weighted by Gasteiger charge is 2.56. The van der Waals surface area contributed by atoms with E-state index in [0.717, 1.165) is 0 Å². The van der Waals surface area contributed by atoms with Gasteiger partial charge in [-0.05, 0) is 5.41 Å². The summed E-state index contributed by atoms with van der Waals surface area (Å²) in [4.78, 5) is 11.2. The molecule has 0 aliphatic carbocycles. The minimum Gasteiger partial charge on any atom is -0.480 e. The van der Waals surface area contributed by atoms with Gasteiger partial charge in [0.25, 0.3) is 0 Å². The van der Waals surface area contributed by atoms with Crippen LogP contribution in [0.4, 0.5) is 0 Å². The fraction of sp³-hybridized carbons (Fsp3) is 0.889. The molecule has 0 amide bonds. The molecular weight excluding hydrogens is 204 g/mol. The Labute approximate surface area is 86.3 Å². The molecule has 1 N–H and O–H groups in total. The summed E-state index contributed by atoms with van der Waals surface area (Å²) in [7, 11) is -1.94. The Kier molecular flexibility index (Phi) is 3.27. The van der Waals surface area contributed by atoms with E-state index in [1.165, 1.54) is 0 Å². The first-order valence-corrected chi connectivity index (χ1v) is 8.24. The molecule has 0 aromatic rings. The van der Waals surface area contributed by atoms with Gasteiger partial charge in [0.15, 0.2) is 0 Å². The second-order valence-corrected chi connectivity index (χ2v) is 11.6. The topological polar surface area (TPSA) is 37.3 Å². The molecule has 0 saturated carbocycles. The third-order valence-electron chi connectivity index (χ3n) is 2.36. The monoisotopic (exact) mass is 222 g/mol. The molecule has 13 heavy (non-hydrogen) atoms. The third-order valence-corrected chi connectivity index (χ3v) is 7.82. The van der Waals surface area contributed by atoms with Gasteiger partial charge in [0.05, 0.1) is 8.07 Å². The lowest BCUT2D eigenvalue weighted by atomic mass is 9.91. The SMILES string of the molecule is CC(C)(C)C(Cl)(C(=O)O)[Si](C)(C)C. The lowest BCUT2D eigenvalue weighted by Crippen LogP contribution is -2.61. The van der Waals surface area contributed by atoms with Crippen LogP contribution in [0.25, 0.3) is 0 Å². The van der Waals surface area contributed by atoms with E-state index in [9.17, 15) is 9.90 Å². The van der Waals surface area contributed by atoms with Crippen LogP contribution < -0.4 is 0 Å². The zero-order valence-electron chi connectivity index (χ0n) is 9.23. The Hall–Kier alpha value is -0.0231. The number of aliphatic carboxylic acids is 1. The zero-order chi connectivity index (χ0) is 11.1. The maximum absolute atomic E-state index is 11.2. The Bertz CT molecular complexity index is 199. The van der Waals surface area contributed by atoms with Gasteiger partial charge in [-0.3, -0.25) is 4.79 Å². The van der Waals surface area contributed by atoms with E-state index >= 15 is 0 Å². The van der Waals surface area contributed by atoms with Gasteiger partial charge in [-0.2, -0.15) is 0 Å². The van der Waals surface area contributed by atoms with Gasteiger partial charge in [0.2, 0.25) is 0 Å². The molecule has 78 valence electrons. The summed E-state index contributed by atoms with van der Waals surface area (Å²) in [5.74, 6) is -0.888. The lowest BCUT2D eigenvalue weighted by molar-refractivity contribution is -0.140. The molecule has 0 radical (unpaired) electrons. The highest BCUT2D eigenvalue weighted by Crippen LogP contribution is 2.43. The molecule has 0 aliphatic rings. The van der Waals surface area contributed by atoms with Crippen molar-refractivity contribution in [2.75, 3.05) is 0 Å². The molecule has 0 saturated heterocycles. The fourth-order valence-corrected chi connectivity index (χ4v) is 4.66. The predicted octanol–water partition coefficient (Wildman–Crippen LogP) is 2.97. The first-order valence-electron chi connectivity index (χ1n) is 4.37. The summed E-state index contributed by atoms with van der Waals surface area (Å²) in [5.41, 5.74) is -0.412. The largest absolute Gasteiger partial charge is 0.480 e. The number of carboxylic acids is 1. The number of halogens is 1. The summed E-state index contributed by atoms with van der Waals surface area (Å²) in [5, 5.41) is 9.21. The molecule has 4 heteroatoms. The van der Waals surface area contributed by atoms with Gasteiger partial charge in [0.1, 0.15) is 4.50 Å². The normalized spacial score (nSPS) is 18.1. The maximum atomic E-state index is 11.2. The van der Waals surface area contributed by atoms with Crippen molar-refractivity contribution < 1.29 is 9.90 Å². The van der Waals surface area contributed by atoms with E-state index < -0.39 is 24.0 Å². The average molecular weight is 223 g/mol. The maximum Gasteiger partial charge on any atom is 0.322 e. The summed E-state index contributed by atoms with van der Waals surface area (Å²) in [6.45, 7) is 11.6. The van der Waals surface area contributed by atoms with Crippen LogP contribution in [0.3, 0.4) is 0 Å². The second-order valence-electron chi connectivity index (χ2n) is 5.46. The molecule has 0 aromatic carbocycles. The predicted molar refractivity (Wildman–Crippen MR) is 59.0 cm³/mol. The standard InChI is InChI=1S/C9H19ClO2Si/c1-8(2,3)9(10,7(11)12)13(4,5)6/h1-6H3,(H,11,12). The third kappa shape index (κ3) is 2.07. The fourth-order valence-electron chi connectivity index (χ4n) is 1.77. The summed E-state index contributed by atoms with van der Waals surface area (Å²) in [6, 6.07) is 0. The second kappa shape index (κ2) is 3.28. The molecule has 1 unspecified atom stereocenters. The minimum absolute atomic E-state index is 0.412. The van der Waals surface area contributed by atoms with Crippen LogP contribution in [0.2, 0.25) is 19.6 Å². The van der Waals surface area contributed by atoms with Gasteiger partial charge < -0.3 is 5.11 Å². The van der Waals surface area contributed by atoms with Crippen LogP contribution in [-0.2, 0) is 4.79 Å². The first-order chi connectivity index (χ1) is 5.44. The summed E-state index contributed by atoms with van der Waals surface area (Å²) >= 11 is 6.29. The van der Waals surface area contributed by atoms with E-state index in [4.69, 9.17) is 11.6 Å². The first kappa shape index (κ1) is 13.0.